The predicted molar refractivity (Wildman–Crippen MR) is 75.7 cm³/mol. The van der Waals surface area contributed by atoms with Gasteiger partial charge >= 0.3 is 6.03 Å². The van der Waals surface area contributed by atoms with E-state index in [-0.39, 0.29) is 18.5 Å². The third kappa shape index (κ3) is 3.25. The van der Waals surface area contributed by atoms with E-state index in [2.05, 4.69) is 10.6 Å². The summed E-state index contributed by atoms with van der Waals surface area (Å²) in [6.07, 6.45) is 0. The maximum atomic E-state index is 11.8. The molecule has 20 heavy (non-hydrogen) atoms. The zero-order valence-corrected chi connectivity index (χ0v) is 11.3. The molecule has 7 nitrogen and oxygen atoms in total. The number of nitrogens with two attached hydrogens (primary N) is 1. The van der Waals surface area contributed by atoms with Crippen LogP contribution in [0.2, 0.25) is 0 Å². The highest BCUT2D eigenvalue weighted by Crippen LogP contribution is 2.21. The van der Waals surface area contributed by atoms with Crippen LogP contribution in [0.15, 0.2) is 24.3 Å². The smallest absolute Gasteiger partial charge is 0.321 e. The fourth-order valence-corrected chi connectivity index (χ4v) is 1.96. The molecular weight excluding hydrogens is 260 g/mol. The topological polar surface area (TPSA) is 96.7 Å². The van der Waals surface area contributed by atoms with Crippen LogP contribution in [0.1, 0.15) is 0 Å². The first-order chi connectivity index (χ1) is 9.61. The van der Waals surface area contributed by atoms with Gasteiger partial charge < -0.3 is 21.1 Å². The number of carbonyl (C=O) groups excluding carboxylic acids is 2. The van der Waals surface area contributed by atoms with Crippen LogP contribution in [0.5, 0.6) is 0 Å². The van der Waals surface area contributed by atoms with E-state index in [4.69, 9.17) is 10.5 Å². The minimum Gasteiger partial charge on any atom is -0.383 e. The van der Waals surface area contributed by atoms with Gasteiger partial charge in [-0.3, -0.25) is 9.69 Å². The van der Waals surface area contributed by atoms with Crippen LogP contribution in [0.3, 0.4) is 0 Å². The first-order valence-electron chi connectivity index (χ1n) is 6.32. The normalized spacial score (nSPS) is 15.9. The summed E-state index contributed by atoms with van der Waals surface area (Å²) < 4.78 is 4.83. The van der Waals surface area contributed by atoms with Crippen molar-refractivity contribution in [3.63, 3.8) is 0 Å². The van der Waals surface area contributed by atoms with Gasteiger partial charge in [0.05, 0.1) is 6.61 Å². The number of hydrogen-bond donors (Lipinski definition) is 3. The number of carbonyl (C=O) groups is 2. The summed E-state index contributed by atoms with van der Waals surface area (Å²) in [4.78, 5) is 25.0. The molecule has 2 rings (SSSR count). The Labute approximate surface area is 117 Å². The third-order valence-corrected chi connectivity index (χ3v) is 2.97. The van der Waals surface area contributed by atoms with Gasteiger partial charge in [0.25, 0.3) is 0 Å². The number of urea groups is 1. The maximum Gasteiger partial charge on any atom is 0.321 e. The lowest BCUT2D eigenvalue weighted by Crippen LogP contribution is -2.39. The standard InChI is InChI=1S/C13H18N4O3/c1-20-8-11(14)12(18)16-9-3-2-4-10(7-9)17-6-5-15-13(17)19/h2-4,7,11H,5-6,8,14H2,1H3,(H,15,19)(H,16,18). The largest absolute Gasteiger partial charge is 0.383 e. The van der Waals surface area contributed by atoms with Crippen LogP contribution < -0.4 is 21.3 Å². The molecule has 1 atom stereocenters. The highest BCUT2D eigenvalue weighted by atomic mass is 16.5. The first kappa shape index (κ1) is 14.3. The summed E-state index contributed by atoms with van der Waals surface area (Å²) in [6, 6.07) is 6.22. The highest BCUT2D eigenvalue weighted by Gasteiger charge is 2.21. The second kappa shape index (κ2) is 6.36. The van der Waals surface area contributed by atoms with E-state index in [1.54, 1.807) is 23.1 Å². The lowest BCUT2D eigenvalue weighted by molar-refractivity contribution is -0.118. The second-order valence-electron chi connectivity index (χ2n) is 4.48. The van der Waals surface area contributed by atoms with Crippen molar-refractivity contribution in [3.8, 4) is 0 Å². The van der Waals surface area contributed by atoms with Gasteiger partial charge in [-0.1, -0.05) is 6.07 Å². The number of amides is 3. The SMILES string of the molecule is COCC(N)C(=O)Nc1cccc(N2CCNC2=O)c1. The number of nitrogens with zero attached hydrogens (tertiary/aromatic N) is 1. The average molecular weight is 278 g/mol. The Morgan fingerprint density at radius 3 is 3.05 bits per heavy atom. The van der Waals surface area contributed by atoms with Gasteiger partial charge in [-0.05, 0) is 18.2 Å². The first-order valence-corrected chi connectivity index (χ1v) is 6.32. The summed E-state index contributed by atoms with van der Waals surface area (Å²) >= 11 is 0. The minimum atomic E-state index is -0.723. The molecular formula is C13H18N4O3. The van der Waals surface area contributed by atoms with Crippen LogP contribution in [0.4, 0.5) is 16.2 Å². The fraction of sp³-hybridized carbons (Fsp3) is 0.385. The molecule has 0 aliphatic carbocycles. The highest BCUT2D eigenvalue weighted by molar-refractivity contribution is 5.97. The Morgan fingerprint density at radius 2 is 2.40 bits per heavy atom. The molecule has 3 amide bonds. The molecule has 0 spiro atoms. The molecule has 1 heterocycles. The number of rotatable bonds is 5. The van der Waals surface area contributed by atoms with Crippen molar-refractivity contribution in [1.82, 2.24) is 5.32 Å². The Hall–Kier alpha value is -2.12. The quantitative estimate of drug-likeness (QED) is 0.713. The molecule has 1 aromatic carbocycles. The molecule has 7 heteroatoms. The van der Waals surface area contributed by atoms with Crippen LogP contribution in [0, 0.1) is 0 Å². The summed E-state index contributed by atoms with van der Waals surface area (Å²) in [5.41, 5.74) is 6.98. The van der Waals surface area contributed by atoms with Crippen molar-refractivity contribution in [3.05, 3.63) is 24.3 Å². The van der Waals surface area contributed by atoms with Crippen molar-refractivity contribution in [2.45, 2.75) is 6.04 Å². The number of anilines is 2. The maximum absolute atomic E-state index is 11.8. The zero-order valence-electron chi connectivity index (χ0n) is 11.3. The number of methoxy groups -OCH3 is 1. The summed E-state index contributed by atoms with van der Waals surface area (Å²) in [7, 11) is 1.49. The van der Waals surface area contributed by atoms with Crippen LogP contribution in [0.25, 0.3) is 0 Å². The van der Waals surface area contributed by atoms with E-state index in [0.29, 0.717) is 18.8 Å². The number of nitrogens with one attached hydrogen (secondary N) is 2. The van der Waals surface area contributed by atoms with Gasteiger partial charge in [0.2, 0.25) is 5.91 Å². The third-order valence-electron chi connectivity index (χ3n) is 2.97. The Kier molecular flexibility index (Phi) is 4.54. The molecule has 4 N–H and O–H groups in total. The van der Waals surface area contributed by atoms with Gasteiger partial charge in [-0.2, -0.15) is 0 Å². The van der Waals surface area contributed by atoms with E-state index in [9.17, 15) is 9.59 Å². The molecule has 1 fully saturated rings. The Morgan fingerprint density at radius 1 is 1.60 bits per heavy atom. The van der Waals surface area contributed by atoms with Crippen molar-refractivity contribution >= 4 is 23.3 Å². The van der Waals surface area contributed by atoms with Crippen molar-refractivity contribution in [2.24, 2.45) is 5.73 Å². The molecule has 0 saturated carbocycles. The molecule has 1 aromatic rings. The summed E-state index contributed by atoms with van der Waals surface area (Å²) in [5, 5.41) is 5.43. The van der Waals surface area contributed by atoms with Gasteiger partial charge in [-0.25, -0.2) is 4.79 Å². The van der Waals surface area contributed by atoms with Crippen molar-refractivity contribution in [1.29, 1.82) is 0 Å². The predicted octanol–water partition coefficient (Wildman–Crippen LogP) is 0.128. The van der Waals surface area contributed by atoms with Crippen LogP contribution in [-0.4, -0.2) is 44.8 Å². The number of hydrogen-bond acceptors (Lipinski definition) is 4. The average Bonchev–Trinajstić information content (AvgIpc) is 2.85. The van der Waals surface area contributed by atoms with Gasteiger partial charge in [0.1, 0.15) is 6.04 Å². The minimum absolute atomic E-state index is 0.135. The zero-order chi connectivity index (χ0) is 14.5. The van der Waals surface area contributed by atoms with Crippen LogP contribution in [-0.2, 0) is 9.53 Å². The molecule has 1 aliphatic rings. The molecule has 0 aromatic heterocycles. The summed E-state index contributed by atoms with van der Waals surface area (Å²) in [6.45, 7) is 1.38. The molecule has 1 unspecified atom stereocenters. The Bertz CT molecular complexity index is 506. The number of ether oxygens (including phenoxy) is 1. The fourth-order valence-electron chi connectivity index (χ4n) is 1.96. The Balaban J connectivity index is 2.06. The molecule has 1 saturated heterocycles. The molecule has 0 radical (unpaired) electrons. The molecule has 108 valence electrons. The van der Waals surface area contributed by atoms with Gasteiger partial charge in [-0.15, -0.1) is 0 Å². The lowest BCUT2D eigenvalue weighted by atomic mass is 10.2. The van der Waals surface area contributed by atoms with E-state index >= 15 is 0 Å². The van der Waals surface area contributed by atoms with Gasteiger partial charge in [0, 0.05) is 31.6 Å². The van der Waals surface area contributed by atoms with E-state index in [1.165, 1.54) is 7.11 Å². The van der Waals surface area contributed by atoms with Crippen molar-refractivity contribution < 1.29 is 14.3 Å². The van der Waals surface area contributed by atoms with Gasteiger partial charge in [0.15, 0.2) is 0 Å². The second-order valence-corrected chi connectivity index (χ2v) is 4.48. The molecule has 0 bridgehead atoms. The lowest BCUT2D eigenvalue weighted by Gasteiger charge is -2.16. The molecule has 1 aliphatic heterocycles. The van der Waals surface area contributed by atoms with E-state index < -0.39 is 6.04 Å². The van der Waals surface area contributed by atoms with E-state index in [1.807, 2.05) is 6.07 Å². The van der Waals surface area contributed by atoms with E-state index in [0.717, 1.165) is 5.69 Å². The monoisotopic (exact) mass is 278 g/mol. The van der Waals surface area contributed by atoms with Crippen molar-refractivity contribution in [2.75, 3.05) is 37.0 Å². The number of benzene rings is 1. The summed E-state index contributed by atoms with van der Waals surface area (Å²) in [5.74, 6) is -0.324. The van der Waals surface area contributed by atoms with Crippen LogP contribution >= 0.6 is 0 Å².